The Kier molecular flexibility index (Phi) is 49.3. The smallest absolute Gasteiger partial charge is 0.465 e. The molecule has 0 aliphatic rings. The van der Waals surface area contributed by atoms with Gasteiger partial charge in [-0.3, -0.25) is 33.7 Å². The van der Waals surface area contributed by atoms with E-state index in [2.05, 4.69) is 27.7 Å². The maximum absolute atomic E-state index is 13.1. The molecular formula is C58H105NO16. The van der Waals surface area contributed by atoms with E-state index in [-0.39, 0.29) is 108 Å². The minimum atomic E-state index is -0.945. The highest BCUT2D eigenvalue weighted by molar-refractivity contribution is 5.71. The Bertz CT molecular complexity index is 1290. The molecule has 0 saturated heterocycles. The van der Waals surface area contributed by atoms with E-state index in [1.54, 1.807) is 0 Å². The molecule has 1 N–H and O–H groups in total. The molecule has 0 radical (unpaired) electrons. The van der Waals surface area contributed by atoms with Gasteiger partial charge in [-0.2, -0.15) is 0 Å². The zero-order chi connectivity index (χ0) is 55.4. The van der Waals surface area contributed by atoms with Gasteiger partial charge in [-0.25, -0.2) is 4.79 Å². The van der Waals surface area contributed by atoms with Gasteiger partial charge in [-0.15, -0.1) is 0 Å². The van der Waals surface area contributed by atoms with Gasteiger partial charge in [-0.05, 0) is 64.3 Å². The van der Waals surface area contributed by atoms with Crippen LogP contribution in [0.3, 0.4) is 0 Å². The maximum Gasteiger partial charge on any atom is 0.508 e. The monoisotopic (exact) mass is 1070 g/mol. The highest BCUT2D eigenvalue weighted by atomic mass is 16.7. The number of ether oxygens (including phenoxy) is 8. The lowest BCUT2D eigenvalue weighted by molar-refractivity contribution is -0.153. The highest BCUT2D eigenvalue weighted by Crippen LogP contribution is 2.17. The van der Waals surface area contributed by atoms with E-state index in [9.17, 15) is 38.7 Å². The normalized spacial score (nSPS) is 11.3. The predicted molar refractivity (Wildman–Crippen MR) is 289 cm³/mol. The molecule has 0 aromatic carbocycles. The van der Waals surface area contributed by atoms with Crippen LogP contribution < -0.4 is 0 Å². The number of carbonyl (C=O) groups excluding carboxylic acids is 7. The SMILES string of the molecule is CCCCCCCC(=O)OCC(CCCC(=O)OCC(COC(=O)CCCC(COC(=O)CCCCCCC)COC(=O)CCCCCCC)COC(=O)OCCN(CCC)CCO)COC(=O)CCCCCCC. The first-order valence-corrected chi connectivity index (χ1v) is 29.5. The summed E-state index contributed by atoms with van der Waals surface area (Å²) in [6.07, 6.45) is 22.8. The molecule has 0 amide bonds. The molecule has 17 heteroatoms. The number of rotatable bonds is 53. The Morgan fingerprint density at radius 3 is 0.920 bits per heavy atom. The van der Waals surface area contributed by atoms with Gasteiger partial charge < -0.3 is 43.0 Å². The minimum absolute atomic E-state index is 0.00840. The van der Waals surface area contributed by atoms with E-state index in [4.69, 9.17) is 37.9 Å². The van der Waals surface area contributed by atoms with Crippen LogP contribution in [0, 0.1) is 17.8 Å². The number of hydrogen-bond acceptors (Lipinski definition) is 17. The summed E-state index contributed by atoms with van der Waals surface area (Å²) in [5.74, 6) is -3.65. The lowest BCUT2D eigenvalue weighted by Crippen LogP contribution is -2.32. The average Bonchev–Trinajstić information content (AvgIpc) is 3.39. The highest BCUT2D eigenvalue weighted by Gasteiger charge is 2.22. The molecule has 0 rings (SSSR count). The second-order valence-electron chi connectivity index (χ2n) is 20.1. The first kappa shape index (κ1) is 71.0. The number of aliphatic hydroxyl groups is 1. The fourth-order valence-corrected chi connectivity index (χ4v) is 8.11. The van der Waals surface area contributed by atoms with Crippen molar-refractivity contribution in [1.82, 2.24) is 4.90 Å². The average molecular weight is 1070 g/mol. The summed E-state index contributed by atoms with van der Waals surface area (Å²) >= 11 is 0. The summed E-state index contributed by atoms with van der Waals surface area (Å²) in [4.78, 5) is 90.9. The fraction of sp³-hybridized carbons (Fsp3) is 0.879. The topological polar surface area (TPSA) is 217 Å². The van der Waals surface area contributed by atoms with E-state index in [0.717, 1.165) is 141 Å². The standard InChI is InChI=1S/C58H105NO16/c1-6-11-15-19-23-31-52(61)69-42-49(43-70-53(62)32-24-20-16-12-7-2)29-27-35-56(65)73-46-51(48-75-58(67)68-41-39-59(37-10-5)38-40-60)47-74-57(66)36-28-30-50(44-71-54(63)33-25-21-17-13-8-3)45-72-55(64)34-26-22-18-14-9-4/h49-51,60H,6-48H2,1-5H3. The van der Waals surface area contributed by atoms with Gasteiger partial charge in [0.2, 0.25) is 0 Å². The van der Waals surface area contributed by atoms with Gasteiger partial charge in [0.1, 0.15) is 26.4 Å². The molecule has 0 atom stereocenters. The molecule has 0 unspecified atom stereocenters. The van der Waals surface area contributed by atoms with Crippen molar-refractivity contribution < 1.29 is 76.6 Å². The molecule has 0 saturated carbocycles. The molecule has 0 aliphatic heterocycles. The zero-order valence-corrected chi connectivity index (χ0v) is 47.7. The summed E-state index contributed by atoms with van der Waals surface area (Å²) < 4.78 is 44.2. The van der Waals surface area contributed by atoms with Crippen molar-refractivity contribution in [3.05, 3.63) is 0 Å². The number of carbonyl (C=O) groups is 7. The molecule has 0 aromatic rings. The molecule has 75 heavy (non-hydrogen) atoms. The van der Waals surface area contributed by atoms with Crippen LogP contribution >= 0.6 is 0 Å². The quantitative estimate of drug-likeness (QED) is 0.0340. The first-order valence-electron chi connectivity index (χ1n) is 29.5. The Morgan fingerprint density at radius 2 is 0.613 bits per heavy atom. The third kappa shape index (κ3) is 47.0. The summed E-state index contributed by atoms with van der Waals surface area (Å²) in [5, 5.41) is 9.36. The fourth-order valence-electron chi connectivity index (χ4n) is 8.11. The van der Waals surface area contributed by atoms with E-state index < -0.39 is 24.0 Å². The van der Waals surface area contributed by atoms with Crippen LogP contribution in [0.1, 0.15) is 234 Å². The first-order chi connectivity index (χ1) is 36.4. The van der Waals surface area contributed by atoms with Crippen molar-refractivity contribution in [2.45, 2.75) is 234 Å². The van der Waals surface area contributed by atoms with Crippen molar-refractivity contribution in [1.29, 1.82) is 0 Å². The third-order valence-electron chi connectivity index (χ3n) is 12.8. The van der Waals surface area contributed by atoms with Crippen molar-refractivity contribution >= 4 is 42.0 Å². The van der Waals surface area contributed by atoms with Gasteiger partial charge in [0.25, 0.3) is 0 Å². The lowest BCUT2D eigenvalue weighted by Gasteiger charge is -2.20. The van der Waals surface area contributed by atoms with Crippen LogP contribution in [0.5, 0.6) is 0 Å². The molecule has 0 spiro atoms. The van der Waals surface area contributed by atoms with E-state index in [1.165, 1.54) is 0 Å². The van der Waals surface area contributed by atoms with Gasteiger partial charge in [0, 0.05) is 63.5 Å². The molecule has 0 aromatic heterocycles. The number of hydrogen-bond donors (Lipinski definition) is 1. The number of aliphatic hydroxyl groups excluding tert-OH is 1. The van der Waals surface area contributed by atoms with Crippen molar-refractivity contribution in [3.63, 3.8) is 0 Å². The second kappa shape index (κ2) is 52.1. The van der Waals surface area contributed by atoms with Crippen LogP contribution in [0.15, 0.2) is 0 Å². The molecule has 0 bridgehead atoms. The number of esters is 6. The van der Waals surface area contributed by atoms with Crippen LogP contribution in [-0.2, 0) is 66.7 Å². The molecule has 0 aliphatic carbocycles. The number of unbranched alkanes of at least 4 members (excludes halogenated alkanes) is 16. The minimum Gasteiger partial charge on any atom is -0.465 e. The number of nitrogens with zero attached hydrogens (tertiary/aromatic N) is 1. The summed E-state index contributed by atoms with van der Waals surface area (Å²) in [7, 11) is 0. The Labute approximate surface area is 452 Å². The van der Waals surface area contributed by atoms with Crippen molar-refractivity contribution in [2.75, 3.05) is 79.1 Å². The van der Waals surface area contributed by atoms with E-state index >= 15 is 0 Å². The van der Waals surface area contributed by atoms with Crippen molar-refractivity contribution in [3.8, 4) is 0 Å². The lowest BCUT2D eigenvalue weighted by atomic mass is 10.0. The second-order valence-corrected chi connectivity index (χ2v) is 20.1. The van der Waals surface area contributed by atoms with Crippen LogP contribution in [0.4, 0.5) is 4.79 Å². The molecular weight excluding hydrogens is 967 g/mol. The zero-order valence-electron chi connectivity index (χ0n) is 47.7. The molecule has 17 nitrogen and oxygen atoms in total. The summed E-state index contributed by atoms with van der Waals surface area (Å²) in [6.45, 7) is 11.6. The Hall–Kier alpha value is -3.99. The van der Waals surface area contributed by atoms with Gasteiger partial charge >= 0.3 is 42.0 Å². The van der Waals surface area contributed by atoms with E-state index in [0.29, 0.717) is 64.5 Å². The van der Waals surface area contributed by atoms with Gasteiger partial charge in [0.15, 0.2) is 0 Å². The summed E-state index contributed by atoms with van der Waals surface area (Å²) in [6, 6.07) is 0. The molecule has 438 valence electrons. The summed E-state index contributed by atoms with van der Waals surface area (Å²) in [5.41, 5.74) is 0. The largest absolute Gasteiger partial charge is 0.508 e. The van der Waals surface area contributed by atoms with E-state index in [1.807, 2.05) is 11.8 Å². The van der Waals surface area contributed by atoms with Crippen molar-refractivity contribution in [2.24, 2.45) is 17.8 Å². The third-order valence-corrected chi connectivity index (χ3v) is 12.8. The predicted octanol–water partition coefficient (Wildman–Crippen LogP) is 11.7. The van der Waals surface area contributed by atoms with Crippen LogP contribution in [-0.4, -0.2) is 131 Å². The van der Waals surface area contributed by atoms with Crippen LogP contribution in [0.2, 0.25) is 0 Å². The molecule has 0 heterocycles. The Morgan fingerprint density at radius 1 is 0.320 bits per heavy atom. The van der Waals surface area contributed by atoms with Gasteiger partial charge in [0.05, 0.1) is 39.0 Å². The maximum atomic E-state index is 13.1. The Balaban J connectivity index is 5.58. The van der Waals surface area contributed by atoms with Crippen LogP contribution in [0.25, 0.3) is 0 Å². The van der Waals surface area contributed by atoms with Gasteiger partial charge in [-0.1, -0.05) is 137 Å². The molecule has 0 fully saturated rings.